The summed E-state index contributed by atoms with van der Waals surface area (Å²) in [6.45, 7) is 5.95. The van der Waals surface area contributed by atoms with E-state index in [2.05, 4.69) is 41.3 Å². The second kappa shape index (κ2) is 8.12. The van der Waals surface area contributed by atoms with E-state index in [4.69, 9.17) is 4.42 Å². The maximum atomic E-state index is 13.8. The minimum absolute atomic E-state index is 0.0324. The minimum Gasteiger partial charge on any atom is -0.450 e. The molecule has 158 valence electrons. The van der Waals surface area contributed by atoms with Gasteiger partial charge in [-0.3, -0.25) is 9.69 Å². The number of nitrogens with zero attached hydrogens (tertiary/aromatic N) is 3. The third-order valence-corrected chi connectivity index (χ3v) is 6.04. The van der Waals surface area contributed by atoms with E-state index in [1.807, 2.05) is 36.4 Å². The van der Waals surface area contributed by atoms with Crippen molar-refractivity contribution in [1.82, 2.24) is 15.3 Å². The maximum Gasteiger partial charge on any atom is 0.237 e. The van der Waals surface area contributed by atoms with Crippen LogP contribution in [0.5, 0.6) is 0 Å². The number of carbonyl (C=O) groups is 1. The zero-order valence-corrected chi connectivity index (χ0v) is 17.8. The van der Waals surface area contributed by atoms with Crippen LogP contribution in [0.25, 0.3) is 22.1 Å². The van der Waals surface area contributed by atoms with Crippen molar-refractivity contribution in [2.45, 2.75) is 32.6 Å². The highest BCUT2D eigenvalue weighted by Gasteiger charge is 2.31. The number of anilines is 2. The summed E-state index contributed by atoms with van der Waals surface area (Å²) >= 11 is 0. The third-order valence-electron chi connectivity index (χ3n) is 6.04. The molecule has 5 rings (SSSR count). The van der Waals surface area contributed by atoms with Crippen LogP contribution in [0.2, 0.25) is 0 Å². The van der Waals surface area contributed by atoms with Crippen LogP contribution in [0.3, 0.4) is 0 Å². The van der Waals surface area contributed by atoms with E-state index in [1.54, 1.807) is 4.90 Å². The number of rotatable bonds is 4. The lowest BCUT2D eigenvalue weighted by molar-refractivity contribution is -0.122. The van der Waals surface area contributed by atoms with E-state index in [-0.39, 0.29) is 11.8 Å². The number of hydrogen-bond donors (Lipinski definition) is 1. The summed E-state index contributed by atoms with van der Waals surface area (Å²) in [4.78, 5) is 24.5. The zero-order valence-electron chi connectivity index (χ0n) is 17.8. The molecule has 6 heteroatoms. The van der Waals surface area contributed by atoms with E-state index in [1.165, 1.54) is 11.9 Å². The van der Waals surface area contributed by atoms with Crippen molar-refractivity contribution < 1.29 is 9.21 Å². The Labute approximate surface area is 181 Å². The first-order valence-electron chi connectivity index (χ1n) is 10.9. The van der Waals surface area contributed by atoms with Crippen molar-refractivity contribution in [3.05, 3.63) is 60.4 Å². The lowest BCUT2D eigenvalue weighted by atomic mass is 9.97. The average Bonchev–Trinajstić information content (AvgIpc) is 3.20. The number of carbonyl (C=O) groups excluding carboxylic acids is 1. The molecule has 3 heterocycles. The molecule has 0 radical (unpaired) electrons. The van der Waals surface area contributed by atoms with Gasteiger partial charge in [0.1, 0.15) is 17.4 Å². The van der Waals surface area contributed by atoms with Gasteiger partial charge in [-0.25, -0.2) is 9.97 Å². The highest BCUT2D eigenvalue weighted by atomic mass is 16.3. The van der Waals surface area contributed by atoms with Crippen LogP contribution in [-0.2, 0) is 4.79 Å². The normalized spacial score (nSPS) is 16.8. The van der Waals surface area contributed by atoms with Crippen molar-refractivity contribution in [3.8, 4) is 0 Å². The lowest BCUT2D eigenvalue weighted by Gasteiger charge is -2.29. The predicted octanol–water partition coefficient (Wildman–Crippen LogP) is 5.16. The van der Waals surface area contributed by atoms with Crippen LogP contribution < -0.4 is 10.2 Å². The summed E-state index contributed by atoms with van der Waals surface area (Å²) < 4.78 is 6.15. The molecule has 1 atom stereocenters. The second-order valence-electron chi connectivity index (χ2n) is 8.44. The van der Waals surface area contributed by atoms with Gasteiger partial charge in [0.05, 0.1) is 11.6 Å². The second-order valence-corrected chi connectivity index (χ2v) is 8.44. The minimum atomic E-state index is -0.104. The Morgan fingerprint density at radius 2 is 1.94 bits per heavy atom. The summed E-state index contributed by atoms with van der Waals surface area (Å²) in [5, 5.41) is 4.27. The summed E-state index contributed by atoms with van der Waals surface area (Å²) in [5.74, 6) is 0.841. The van der Waals surface area contributed by atoms with E-state index in [0.29, 0.717) is 23.9 Å². The number of furan rings is 1. The molecular weight excluding hydrogens is 388 g/mol. The Kier molecular flexibility index (Phi) is 5.16. The van der Waals surface area contributed by atoms with E-state index in [9.17, 15) is 4.79 Å². The molecule has 1 fully saturated rings. The van der Waals surface area contributed by atoms with Crippen LogP contribution >= 0.6 is 0 Å². The van der Waals surface area contributed by atoms with Crippen LogP contribution in [-0.4, -0.2) is 29.0 Å². The van der Waals surface area contributed by atoms with E-state index < -0.39 is 0 Å². The standard InChI is InChI=1S/C25H26N4O2/c1-16(2)17-9-11-19(12-10-17)29(25(30)18-6-5-13-26-14-18)24-23-22(27-15-28-24)20-7-3-4-8-21(20)31-23/h3-4,7-12,15-16,18,26H,5-6,13-14H2,1-2H3. The van der Waals surface area contributed by atoms with E-state index in [0.717, 1.165) is 41.6 Å². The third kappa shape index (κ3) is 3.57. The number of fused-ring (bicyclic) bond motifs is 3. The molecule has 2 aromatic carbocycles. The zero-order chi connectivity index (χ0) is 21.4. The van der Waals surface area contributed by atoms with Crippen LogP contribution in [0, 0.1) is 5.92 Å². The Balaban J connectivity index is 1.67. The summed E-state index contributed by atoms with van der Waals surface area (Å²) in [6.07, 6.45) is 3.36. The van der Waals surface area contributed by atoms with Crippen LogP contribution in [0.15, 0.2) is 59.3 Å². The molecule has 0 aliphatic carbocycles. The molecule has 6 nitrogen and oxygen atoms in total. The van der Waals surface area contributed by atoms with Gasteiger partial charge in [0, 0.05) is 11.9 Å². The Bertz CT molecular complexity index is 1220. The van der Waals surface area contributed by atoms with Crippen molar-refractivity contribution in [2.75, 3.05) is 18.0 Å². The molecule has 1 aliphatic rings. The fourth-order valence-corrected chi connectivity index (χ4v) is 4.28. The quantitative estimate of drug-likeness (QED) is 0.499. The fraction of sp³-hybridized carbons (Fsp3) is 0.320. The number of benzene rings is 2. The molecule has 1 unspecified atom stereocenters. The van der Waals surface area contributed by atoms with Gasteiger partial charge in [0.25, 0.3) is 0 Å². The SMILES string of the molecule is CC(C)c1ccc(N(C(=O)C2CCCNC2)c2ncnc3c2oc2ccccc23)cc1. The number of piperidine rings is 1. The monoisotopic (exact) mass is 414 g/mol. The molecule has 4 aromatic rings. The van der Waals surface area contributed by atoms with Gasteiger partial charge < -0.3 is 9.73 Å². The molecule has 1 amide bonds. The summed E-state index contributed by atoms with van der Waals surface area (Å²) in [6, 6.07) is 15.9. The number of amides is 1. The molecular formula is C25H26N4O2. The average molecular weight is 415 g/mol. The topological polar surface area (TPSA) is 71.3 Å². The molecule has 1 saturated heterocycles. The first-order chi connectivity index (χ1) is 15.1. The molecule has 1 aliphatic heterocycles. The molecule has 2 aromatic heterocycles. The van der Waals surface area contributed by atoms with Crippen molar-refractivity contribution in [3.63, 3.8) is 0 Å². The van der Waals surface area contributed by atoms with Crippen LogP contribution in [0.4, 0.5) is 11.5 Å². The van der Waals surface area contributed by atoms with Crippen molar-refractivity contribution in [2.24, 2.45) is 5.92 Å². The predicted molar refractivity (Wildman–Crippen MR) is 123 cm³/mol. The lowest BCUT2D eigenvalue weighted by Crippen LogP contribution is -2.41. The Hall–Kier alpha value is -3.25. The highest BCUT2D eigenvalue weighted by Crippen LogP contribution is 2.36. The molecule has 0 spiro atoms. The van der Waals surface area contributed by atoms with Gasteiger partial charge in [0.2, 0.25) is 5.91 Å². The summed E-state index contributed by atoms with van der Waals surface area (Å²) in [7, 11) is 0. The summed E-state index contributed by atoms with van der Waals surface area (Å²) in [5.41, 5.74) is 4.02. The number of hydrogen-bond acceptors (Lipinski definition) is 5. The molecule has 31 heavy (non-hydrogen) atoms. The molecule has 1 N–H and O–H groups in total. The number of nitrogens with one attached hydrogen (secondary N) is 1. The largest absolute Gasteiger partial charge is 0.450 e. The van der Waals surface area contributed by atoms with Gasteiger partial charge in [-0.1, -0.05) is 38.1 Å². The number of para-hydroxylation sites is 1. The van der Waals surface area contributed by atoms with E-state index >= 15 is 0 Å². The fourth-order valence-electron chi connectivity index (χ4n) is 4.28. The first kappa shape index (κ1) is 19.7. The highest BCUT2D eigenvalue weighted by molar-refractivity contribution is 6.11. The molecule has 0 saturated carbocycles. The Morgan fingerprint density at radius 3 is 2.68 bits per heavy atom. The van der Waals surface area contributed by atoms with Gasteiger partial charge in [0.15, 0.2) is 11.4 Å². The first-order valence-corrected chi connectivity index (χ1v) is 10.9. The Morgan fingerprint density at radius 1 is 1.13 bits per heavy atom. The van der Waals surface area contributed by atoms with Gasteiger partial charge in [-0.15, -0.1) is 0 Å². The molecule has 0 bridgehead atoms. The van der Waals surface area contributed by atoms with Crippen molar-refractivity contribution >= 4 is 39.5 Å². The van der Waals surface area contributed by atoms with Crippen LogP contribution in [0.1, 0.15) is 38.2 Å². The number of aromatic nitrogens is 2. The van der Waals surface area contributed by atoms with Gasteiger partial charge in [-0.2, -0.15) is 0 Å². The smallest absolute Gasteiger partial charge is 0.237 e. The van der Waals surface area contributed by atoms with Crippen molar-refractivity contribution in [1.29, 1.82) is 0 Å². The van der Waals surface area contributed by atoms with Gasteiger partial charge >= 0.3 is 0 Å². The van der Waals surface area contributed by atoms with Gasteiger partial charge in [-0.05, 0) is 55.1 Å². The maximum absolute atomic E-state index is 13.8.